The van der Waals surface area contributed by atoms with Crippen LogP contribution >= 0.6 is 0 Å². The van der Waals surface area contributed by atoms with E-state index in [0.29, 0.717) is 16.7 Å². The highest BCUT2D eigenvalue weighted by atomic mass is 19.4. The van der Waals surface area contributed by atoms with Gasteiger partial charge >= 0.3 is 6.18 Å². The number of nitrogen functional groups attached to an aromatic ring is 1. The molecule has 1 heterocycles. The van der Waals surface area contributed by atoms with Gasteiger partial charge in [-0.25, -0.2) is 4.98 Å². The number of ether oxygens (including phenoxy) is 1. The number of anilines is 1. The lowest BCUT2D eigenvalue weighted by atomic mass is 10.0. The summed E-state index contributed by atoms with van der Waals surface area (Å²) in [5.41, 5.74) is 5.73. The van der Waals surface area contributed by atoms with Gasteiger partial charge in [0.05, 0.1) is 12.6 Å². The minimum Gasteiger partial charge on any atom is -0.497 e. The van der Waals surface area contributed by atoms with Crippen LogP contribution in [-0.4, -0.2) is 12.1 Å². The molecule has 0 amide bonds. The van der Waals surface area contributed by atoms with Crippen LogP contribution in [0.15, 0.2) is 12.1 Å². The lowest BCUT2D eigenvalue weighted by molar-refractivity contribution is -0.141. The molecule has 0 aliphatic carbocycles. The van der Waals surface area contributed by atoms with Gasteiger partial charge in [0.1, 0.15) is 11.4 Å². The molecule has 1 aromatic heterocycles. The van der Waals surface area contributed by atoms with E-state index in [2.05, 4.69) is 4.98 Å². The molecule has 0 aliphatic heterocycles. The molecule has 0 bridgehead atoms. The molecule has 0 atom stereocenters. The maximum Gasteiger partial charge on any atom is 0.433 e. The van der Waals surface area contributed by atoms with Gasteiger partial charge in [-0.2, -0.15) is 13.2 Å². The summed E-state index contributed by atoms with van der Waals surface area (Å²) in [4.78, 5) is 3.72. The van der Waals surface area contributed by atoms with E-state index >= 15 is 0 Å². The average Bonchev–Trinajstić information content (AvgIpc) is 2.32. The molecule has 2 rings (SSSR count). The number of halogens is 3. The van der Waals surface area contributed by atoms with Crippen molar-refractivity contribution in [3.05, 3.63) is 29.0 Å². The van der Waals surface area contributed by atoms with E-state index in [1.807, 2.05) is 0 Å². The van der Waals surface area contributed by atoms with Crippen molar-refractivity contribution >= 4 is 16.6 Å². The van der Waals surface area contributed by atoms with Gasteiger partial charge in [0.25, 0.3) is 0 Å². The Kier molecular flexibility index (Phi) is 3.04. The van der Waals surface area contributed by atoms with E-state index in [-0.39, 0.29) is 16.8 Å². The smallest absolute Gasteiger partial charge is 0.433 e. The normalized spacial score (nSPS) is 11.9. The predicted molar refractivity (Wildman–Crippen MR) is 67.2 cm³/mol. The largest absolute Gasteiger partial charge is 0.497 e. The molecule has 2 N–H and O–H groups in total. The zero-order chi connectivity index (χ0) is 14.4. The molecule has 0 radical (unpaired) electrons. The van der Waals surface area contributed by atoms with E-state index < -0.39 is 11.9 Å². The van der Waals surface area contributed by atoms with Gasteiger partial charge in [-0.15, -0.1) is 0 Å². The molecule has 1 aromatic carbocycles. The number of nitrogens with zero attached hydrogens (tertiary/aromatic N) is 1. The van der Waals surface area contributed by atoms with Crippen LogP contribution in [0.2, 0.25) is 0 Å². The van der Waals surface area contributed by atoms with Gasteiger partial charge in [0.15, 0.2) is 0 Å². The zero-order valence-corrected chi connectivity index (χ0v) is 10.7. The highest BCUT2D eigenvalue weighted by molar-refractivity contribution is 5.95. The molecule has 0 unspecified atom stereocenters. The molecule has 6 heteroatoms. The van der Waals surface area contributed by atoms with E-state index in [1.165, 1.54) is 14.0 Å². The third kappa shape index (κ3) is 2.18. The number of aromatic nitrogens is 1. The van der Waals surface area contributed by atoms with Gasteiger partial charge in [-0.3, -0.25) is 0 Å². The molecular formula is C13H13F3N2O. The highest BCUT2D eigenvalue weighted by Gasteiger charge is 2.35. The number of pyridine rings is 1. The summed E-state index contributed by atoms with van der Waals surface area (Å²) in [6, 6.07) is 3.22. The fraction of sp³-hybridized carbons (Fsp3) is 0.308. The van der Waals surface area contributed by atoms with Crippen molar-refractivity contribution in [2.75, 3.05) is 12.8 Å². The summed E-state index contributed by atoms with van der Waals surface area (Å²) < 4.78 is 43.8. The fourth-order valence-electron chi connectivity index (χ4n) is 2.02. The fourth-order valence-corrected chi connectivity index (χ4v) is 2.02. The zero-order valence-electron chi connectivity index (χ0n) is 10.7. The average molecular weight is 270 g/mol. The van der Waals surface area contributed by atoms with E-state index in [9.17, 15) is 13.2 Å². The van der Waals surface area contributed by atoms with E-state index in [0.717, 1.165) is 0 Å². The van der Waals surface area contributed by atoms with Gasteiger partial charge in [-0.05, 0) is 31.5 Å². The minimum absolute atomic E-state index is 0.0624. The Balaban J connectivity index is 2.88. The molecular weight excluding hydrogens is 257 g/mol. The minimum atomic E-state index is -4.52. The van der Waals surface area contributed by atoms with Crippen LogP contribution in [0.4, 0.5) is 18.9 Å². The number of rotatable bonds is 1. The van der Waals surface area contributed by atoms with Crippen molar-refractivity contribution in [3.8, 4) is 5.75 Å². The first-order chi connectivity index (χ1) is 8.75. The number of fused-ring (bicyclic) bond motifs is 1. The second-order valence-corrected chi connectivity index (χ2v) is 4.34. The highest BCUT2D eigenvalue weighted by Crippen LogP contribution is 2.37. The van der Waals surface area contributed by atoms with Gasteiger partial charge < -0.3 is 10.5 Å². The predicted octanol–water partition coefficient (Wildman–Crippen LogP) is 3.46. The van der Waals surface area contributed by atoms with Crippen molar-refractivity contribution in [2.24, 2.45) is 0 Å². The quantitative estimate of drug-likeness (QED) is 0.863. The number of nitrogens with two attached hydrogens (primary N) is 1. The number of hydrogen-bond donors (Lipinski definition) is 1. The Labute approximate surface area is 108 Å². The van der Waals surface area contributed by atoms with Crippen LogP contribution in [0, 0.1) is 13.8 Å². The van der Waals surface area contributed by atoms with E-state index in [4.69, 9.17) is 10.5 Å². The Bertz CT molecular complexity index is 651. The van der Waals surface area contributed by atoms with Crippen molar-refractivity contribution in [3.63, 3.8) is 0 Å². The summed E-state index contributed by atoms with van der Waals surface area (Å²) in [5.74, 6) is 0.539. The first kappa shape index (κ1) is 13.5. The van der Waals surface area contributed by atoms with Crippen molar-refractivity contribution < 1.29 is 17.9 Å². The Morgan fingerprint density at radius 3 is 2.37 bits per heavy atom. The molecule has 0 aliphatic rings. The Morgan fingerprint density at radius 2 is 1.84 bits per heavy atom. The number of alkyl halides is 3. The van der Waals surface area contributed by atoms with Crippen LogP contribution in [-0.2, 0) is 6.18 Å². The number of aryl methyl sites for hydroxylation is 1. The van der Waals surface area contributed by atoms with Crippen LogP contribution < -0.4 is 10.5 Å². The van der Waals surface area contributed by atoms with Gasteiger partial charge in [-0.1, -0.05) is 0 Å². The van der Waals surface area contributed by atoms with Gasteiger partial charge in [0.2, 0.25) is 0 Å². The second-order valence-electron chi connectivity index (χ2n) is 4.34. The summed E-state index contributed by atoms with van der Waals surface area (Å²) in [5, 5.41) is 0.474. The van der Waals surface area contributed by atoms with E-state index in [1.54, 1.807) is 19.1 Å². The molecule has 0 saturated carbocycles. The molecule has 0 spiro atoms. The SMILES string of the molecule is COc1cc(C)c2nc(C(F)(F)F)c(C)c(N)c2c1. The van der Waals surface area contributed by atoms with Crippen LogP contribution in [0.5, 0.6) is 5.75 Å². The lowest BCUT2D eigenvalue weighted by Gasteiger charge is -2.15. The van der Waals surface area contributed by atoms with Crippen LogP contribution in [0.3, 0.4) is 0 Å². The Morgan fingerprint density at radius 1 is 1.21 bits per heavy atom. The third-order valence-electron chi connectivity index (χ3n) is 3.05. The molecule has 19 heavy (non-hydrogen) atoms. The summed E-state index contributed by atoms with van der Waals surface area (Å²) in [6.07, 6.45) is -4.52. The lowest BCUT2D eigenvalue weighted by Crippen LogP contribution is -2.13. The topological polar surface area (TPSA) is 48.1 Å². The number of benzene rings is 1. The van der Waals surface area contributed by atoms with Crippen molar-refractivity contribution in [2.45, 2.75) is 20.0 Å². The molecule has 0 saturated heterocycles. The van der Waals surface area contributed by atoms with Crippen molar-refractivity contribution in [1.29, 1.82) is 0 Å². The van der Waals surface area contributed by atoms with Gasteiger partial charge in [0, 0.05) is 16.6 Å². The third-order valence-corrected chi connectivity index (χ3v) is 3.05. The summed E-state index contributed by atoms with van der Waals surface area (Å²) in [6.45, 7) is 2.99. The summed E-state index contributed by atoms with van der Waals surface area (Å²) in [7, 11) is 1.49. The molecule has 2 aromatic rings. The molecule has 0 fully saturated rings. The second kappa shape index (κ2) is 4.29. The number of methoxy groups -OCH3 is 1. The first-order valence-corrected chi connectivity index (χ1v) is 5.57. The van der Waals surface area contributed by atoms with Crippen LogP contribution in [0.25, 0.3) is 10.9 Å². The standard InChI is InChI=1S/C13H13F3N2O/c1-6-4-8(19-3)5-9-10(17)7(2)12(13(14,15)16)18-11(6)9/h4-5H,1-3H3,(H2,17,18). The van der Waals surface area contributed by atoms with Crippen molar-refractivity contribution in [1.82, 2.24) is 4.98 Å². The maximum atomic E-state index is 12.9. The molecule has 3 nitrogen and oxygen atoms in total. The molecule has 102 valence electrons. The summed E-state index contributed by atoms with van der Waals surface area (Å²) >= 11 is 0. The first-order valence-electron chi connectivity index (χ1n) is 5.57. The Hall–Kier alpha value is -1.98. The van der Waals surface area contributed by atoms with Crippen LogP contribution in [0.1, 0.15) is 16.8 Å². The monoisotopic (exact) mass is 270 g/mol. The number of hydrogen-bond acceptors (Lipinski definition) is 3. The maximum absolute atomic E-state index is 12.9.